The number of nitrogen functional groups attached to an aromatic ring is 1. The Morgan fingerprint density at radius 1 is 1.03 bits per heavy atom. The average molecular weight is 480 g/mol. The smallest absolute Gasteiger partial charge is 0.335 e. The zero-order valence-corrected chi connectivity index (χ0v) is 19.9. The molecule has 0 fully saturated rings. The summed E-state index contributed by atoms with van der Waals surface area (Å²) < 4.78 is 6.08. The number of nitrogens with two attached hydrogens (primary N) is 1. The van der Waals surface area contributed by atoms with Gasteiger partial charge in [0.1, 0.15) is 5.75 Å². The minimum atomic E-state index is -0.977. The molecule has 1 aromatic heterocycles. The monoisotopic (exact) mass is 479 g/mol. The van der Waals surface area contributed by atoms with Crippen LogP contribution in [0.4, 0.5) is 17.3 Å². The molecule has 8 nitrogen and oxygen atoms in total. The van der Waals surface area contributed by atoms with E-state index in [-0.39, 0.29) is 11.7 Å². The van der Waals surface area contributed by atoms with E-state index in [0.29, 0.717) is 23.9 Å². The normalized spacial score (nSPS) is 12.2. The van der Waals surface area contributed by atoms with Crippen LogP contribution < -0.4 is 15.8 Å². The van der Waals surface area contributed by atoms with Gasteiger partial charge in [0.15, 0.2) is 0 Å². The Balaban J connectivity index is 1.57. The number of benzene rings is 3. The fourth-order valence-corrected chi connectivity index (χ4v) is 4.10. The molecule has 0 unspecified atom stereocenters. The molecule has 0 atom stereocenters. The highest BCUT2D eigenvalue weighted by molar-refractivity contribution is 6.18. The number of aromatic nitrogens is 2. The quantitative estimate of drug-likeness (QED) is 0.320. The maximum Gasteiger partial charge on any atom is 0.335 e. The Morgan fingerprint density at radius 2 is 1.81 bits per heavy atom. The van der Waals surface area contributed by atoms with Crippen molar-refractivity contribution in [1.82, 2.24) is 9.97 Å². The zero-order chi connectivity index (χ0) is 25.2. The van der Waals surface area contributed by atoms with Crippen molar-refractivity contribution in [2.45, 2.75) is 26.5 Å². The third kappa shape index (κ3) is 4.61. The van der Waals surface area contributed by atoms with E-state index in [1.807, 2.05) is 56.3 Å². The molecule has 0 spiro atoms. The molecule has 8 heteroatoms. The van der Waals surface area contributed by atoms with E-state index in [4.69, 9.17) is 25.6 Å². The van der Waals surface area contributed by atoms with E-state index in [1.54, 1.807) is 18.3 Å². The highest BCUT2D eigenvalue weighted by atomic mass is 16.5. The Hall–Kier alpha value is -4.72. The van der Waals surface area contributed by atoms with Gasteiger partial charge in [0, 0.05) is 39.8 Å². The van der Waals surface area contributed by atoms with Gasteiger partial charge in [0.05, 0.1) is 29.6 Å². The molecule has 0 saturated heterocycles. The predicted octanol–water partition coefficient (Wildman–Crippen LogP) is 5.31. The first-order valence-corrected chi connectivity index (χ1v) is 11.6. The van der Waals surface area contributed by atoms with Crippen LogP contribution in [-0.2, 0) is 6.54 Å². The summed E-state index contributed by atoms with van der Waals surface area (Å²) in [5.41, 5.74) is 12.8. The summed E-state index contributed by atoms with van der Waals surface area (Å²) in [5, 5.41) is 12.3. The molecule has 36 heavy (non-hydrogen) atoms. The van der Waals surface area contributed by atoms with Gasteiger partial charge in [-0.25, -0.2) is 14.8 Å². The van der Waals surface area contributed by atoms with Crippen LogP contribution in [-0.4, -0.2) is 32.9 Å². The van der Waals surface area contributed by atoms with Gasteiger partial charge in [0.25, 0.3) is 0 Å². The van der Waals surface area contributed by atoms with Gasteiger partial charge in [0.2, 0.25) is 5.95 Å². The molecule has 4 aromatic rings. The largest absolute Gasteiger partial charge is 0.490 e. The lowest BCUT2D eigenvalue weighted by molar-refractivity contribution is 0.0697. The maximum atomic E-state index is 11.1. The minimum Gasteiger partial charge on any atom is -0.490 e. The number of nitrogens with zero attached hydrogens (tertiary/aromatic N) is 3. The lowest BCUT2D eigenvalue weighted by Crippen LogP contribution is -2.12. The first-order chi connectivity index (χ1) is 17.4. The second kappa shape index (κ2) is 9.50. The summed E-state index contributed by atoms with van der Waals surface area (Å²) in [6.45, 7) is 4.38. The van der Waals surface area contributed by atoms with Gasteiger partial charge in [-0.05, 0) is 62.4 Å². The van der Waals surface area contributed by atoms with Crippen LogP contribution in [0, 0.1) is 0 Å². The van der Waals surface area contributed by atoms with Crippen molar-refractivity contribution in [2.24, 2.45) is 4.99 Å². The van der Waals surface area contributed by atoms with Crippen molar-refractivity contribution in [3.8, 4) is 17.0 Å². The number of fused-ring (bicyclic) bond motifs is 3. The second-order valence-electron chi connectivity index (χ2n) is 8.71. The van der Waals surface area contributed by atoms with Crippen molar-refractivity contribution in [3.63, 3.8) is 0 Å². The predicted molar refractivity (Wildman–Crippen MR) is 140 cm³/mol. The van der Waals surface area contributed by atoms with Gasteiger partial charge in [-0.3, -0.25) is 4.99 Å². The fourth-order valence-electron chi connectivity index (χ4n) is 4.10. The molecule has 0 amide bonds. The van der Waals surface area contributed by atoms with Gasteiger partial charge in [-0.2, -0.15) is 0 Å². The van der Waals surface area contributed by atoms with E-state index >= 15 is 0 Å². The highest BCUT2D eigenvalue weighted by Crippen LogP contribution is 2.35. The van der Waals surface area contributed by atoms with Crippen LogP contribution >= 0.6 is 0 Å². The first kappa shape index (κ1) is 23.0. The van der Waals surface area contributed by atoms with E-state index < -0.39 is 5.97 Å². The van der Waals surface area contributed by atoms with Crippen LogP contribution in [0.15, 0.2) is 77.9 Å². The van der Waals surface area contributed by atoms with Crippen molar-refractivity contribution in [2.75, 3.05) is 11.1 Å². The Bertz CT molecular complexity index is 1480. The summed E-state index contributed by atoms with van der Waals surface area (Å²) in [6, 6.07) is 20.0. The Labute approximate surface area is 208 Å². The average Bonchev–Trinajstić information content (AvgIpc) is 3.01. The number of ether oxygens (including phenoxy) is 1. The second-order valence-corrected chi connectivity index (χ2v) is 8.71. The first-order valence-electron chi connectivity index (χ1n) is 11.6. The van der Waals surface area contributed by atoms with Gasteiger partial charge >= 0.3 is 5.97 Å². The number of hydrogen-bond donors (Lipinski definition) is 3. The molecule has 5 rings (SSSR count). The molecule has 1 aliphatic rings. The Morgan fingerprint density at radius 3 is 2.56 bits per heavy atom. The number of anilines is 3. The van der Waals surface area contributed by atoms with Crippen LogP contribution in [0.3, 0.4) is 0 Å². The number of hydrogen-bond acceptors (Lipinski definition) is 7. The summed E-state index contributed by atoms with van der Waals surface area (Å²) in [5.74, 6) is 0.172. The van der Waals surface area contributed by atoms with E-state index in [0.717, 1.165) is 39.4 Å². The lowest BCUT2D eigenvalue weighted by Gasteiger charge is -2.17. The van der Waals surface area contributed by atoms with Crippen molar-refractivity contribution >= 4 is 29.0 Å². The summed E-state index contributed by atoms with van der Waals surface area (Å²) >= 11 is 0. The van der Waals surface area contributed by atoms with Gasteiger partial charge < -0.3 is 20.9 Å². The molecule has 2 heterocycles. The van der Waals surface area contributed by atoms with Crippen LogP contribution in [0.2, 0.25) is 0 Å². The third-order valence-electron chi connectivity index (χ3n) is 5.72. The van der Waals surface area contributed by atoms with Crippen molar-refractivity contribution in [1.29, 1.82) is 0 Å². The molecule has 3 aromatic carbocycles. The van der Waals surface area contributed by atoms with Crippen LogP contribution in [0.25, 0.3) is 11.3 Å². The maximum absolute atomic E-state index is 11.1. The number of rotatable bonds is 6. The molecular formula is C28H25N5O3. The van der Waals surface area contributed by atoms with E-state index in [2.05, 4.69) is 10.3 Å². The summed E-state index contributed by atoms with van der Waals surface area (Å²) in [4.78, 5) is 25.4. The topological polar surface area (TPSA) is 123 Å². The van der Waals surface area contributed by atoms with E-state index in [1.165, 1.54) is 12.1 Å². The number of para-hydroxylation sites is 1. The molecule has 4 N–H and O–H groups in total. The molecular weight excluding hydrogens is 454 g/mol. The fraction of sp³-hybridized carbons (Fsp3) is 0.143. The van der Waals surface area contributed by atoms with Crippen molar-refractivity contribution in [3.05, 3.63) is 95.2 Å². The minimum absolute atomic E-state index is 0.0131. The lowest BCUT2D eigenvalue weighted by atomic mass is 9.94. The van der Waals surface area contributed by atoms with E-state index in [9.17, 15) is 4.79 Å². The molecule has 0 saturated carbocycles. The number of aliphatic imine (C=N–C) groups is 1. The standard InChI is InChI=1S/C28H25N5O3/c1-16(2)36-24-6-4-3-5-22(24)26-23-13-19(29)9-12-21(23)25-18(14-30-26)15-31-28(33-25)32-20-10-7-17(8-11-20)27(34)35/h3-13,15-16H,14,29H2,1-2H3,(H,34,35)(H,31,32,33). The number of nitrogens with one attached hydrogen (secondary N) is 1. The molecule has 0 aliphatic carbocycles. The third-order valence-corrected chi connectivity index (χ3v) is 5.72. The number of aromatic carboxylic acids is 1. The molecule has 180 valence electrons. The van der Waals surface area contributed by atoms with Crippen LogP contribution in [0.1, 0.15) is 40.9 Å². The van der Waals surface area contributed by atoms with Crippen molar-refractivity contribution < 1.29 is 14.6 Å². The molecule has 0 radical (unpaired) electrons. The number of carboxylic acid groups (broad SMARTS) is 1. The SMILES string of the molecule is CC(C)Oc1ccccc1C1=NCc2cnc(Nc3ccc(C(=O)O)cc3)nc2-c2ccc(N)cc21. The highest BCUT2D eigenvalue weighted by Gasteiger charge is 2.23. The molecule has 1 aliphatic heterocycles. The zero-order valence-electron chi connectivity index (χ0n) is 19.9. The summed E-state index contributed by atoms with van der Waals surface area (Å²) in [7, 11) is 0. The Kier molecular flexibility index (Phi) is 6.08. The summed E-state index contributed by atoms with van der Waals surface area (Å²) in [6.07, 6.45) is 1.78. The number of carboxylic acids is 1. The van der Waals surface area contributed by atoms with Crippen LogP contribution in [0.5, 0.6) is 5.75 Å². The molecule has 0 bridgehead atoms. The van der Waals surface area contributed by atoms with Gasteiger partial charge in [-0.15, -0.1) is 0 Å². The number of carbonyl (C=O) groups is 1. The van der Waals surface area contributed by atoms with Gasteiger partial charge in [-0.1, -0.05) is 18.2 Å².